The first kappa shape index (κ1) is 16.8. The fourth-order valence-corrected chi connectivity index (χ4v) is 3.32. The summed E-state index contributed by atoms with van der Waals surface area (Å²) in [4.78, 5) is 6.95. The van der Waals surface area contributed by atoms with Crippen LogP contribution in [0, 0.1) is 13.8 Å². The Kier molecular flexibility index (Phi) is 4.50. The molecule has 2 aromatic heterocycles. The summed E-state index contributed by atoms with van der Waals surface area (Å²) in [5, 5.41) is 1.30. The molecule has 128 valence electrons. The molecule has 3 aromatic rings. The fourth-order valence-electron chi connectivity index (χ4n) is 3.32. The molecular formula is C20H27N3O. The van der Waals surface area contributed by atoms with Crippen molar-refractivity contribution in [2.45, 2.75) is 40.2 Å². The minimum absolute atomic E-state index is 0.551. The third-order valence-corrected chi connectivity index (χ3v) is 5.02. The van der Waals surface area contributed by atoms with Crippen molar-refractivity contribution < 1.29 is 4.74 Å². The lowest BCUT2D eigenvalue weighted by molar-refractivity contribution is 0.278. The normalized spacial score (nSPS) is 12.0. The van der Waals surface area contributed by atoms with Crippen molar-refractivity contribution in [3.63, 3.8) is 0 Å². The van der Waals surface area contributed by atoms with Crippen molar-refractivity contribution in [1.82, 2.24) is 14.3 Å². The molecule has 1 aromatic carbocycles. The van der Waals surface area contributed by atoms with Crippen LogP contribution in [0.5, 0.6) is 5.75 Å². The van der Waals surface area contributed by atoms with Crippen LogP contribution in [0.3, 0.4) is 0 Å². The lowest BCUT2D eigenvalue weighted by Crippen LogP contribution is -2.28. The highest BCUT2D eigenvalue weighted by Crippen LogP contribution is 2.32. The molecule has 24 heavy (non-hydrogen) atoms. The van der Waals surface area contributed by atoms with Crippen LogP contribution in [-0.4, -0.2) is 41.0 Å². The summed E-state index contributed by atoms with van der Waals surface area (Å²) in [7, 11) is 3.90. The zero-order chi connectivity index (χ0) is 17.4. The summed E-state index contributed by atoms with van der Waals surface area (Å²) in [6, 6.07) is 6.90. The van der Waals surface area contributed by atoms with Crippen LogP contribution < -0.4 is 4.74 Å². The van der Waals surface area contributed by atoms with Crippen LogP contribution in [0.4, 0.5) is 0 Å². The number of aryl methyl sites for hydroxylation is 2. The van der Waals surface area contributed by atoms with Crippen molar-refractivity contribution in [2.24, 2.45) is 0 Å². The molecule has 0 aliphatic carbocycles. The summed E-state index contributed by atoms with van der Waals surface area (Å²) < 4.78 is 7.71. The SMILES string of the molecule is COc1ccc2c(CCN(C)C(C)C)c3c(C)cnc(C)n3c2c1. The predicted octanol–water partition coefficient (Wildman–Crippen LogP) is 4.00. The summed E-state index contributed by atoms with van der Waals surface area (Å²) >= 11 is 0. The van der Waals surface area contributed by atoms with E-state index in [4.69, 9.17) is 4.74 Å². The molecule has 3 rings (SSSR count). The lowest BCUT2D eigenvalue weighted by atomic mass is 10.1. The highest BCUT2D eigenvalue weighted by Gasteiger charge is 2.17. The van der Waals surface area contributed by atoms with Gasteiger partial charge < -0.3 is 9.64 Å². The van der Waals surface area contributed by atoms with Gasteiger partial charge in [-0.1, -0.05) is 0 Å². The largest absolute Gasteiger partial charge is 0.497 e. The van der Waals surface area contributed by atoms with Gasteiger partial charge in [0.05, 0.1) is 18.1 Å². The van der Waals surface area contributed by atoms with E-state index in [0.717, 1.165) is 24.5 Å². The van der Waals surface area contributed by atoms with E-state index in [2.05, 4.69) is 67.2 Å². The van der Waals surface area contributed by atoms with Crippen molar-refractivity contribution in [1.29, 1.82) is 0 Å². The maximum atomic E-state index is 5.44. The molecule has 0 aliphatic rings. The van der Waals surface area contributed by atoms with Crippen molar-refractivity contribution in [3.05, 3.63) is 41.3 Å². The van der Waals surface area contributed by atoms with Gasteiger partial charge in [-0.3, -0.25) is 4.40 Å². The van der Waals surface area contributed by atoms with Gasteiger partial charge in [0.1, 0.15) is 11.6 Å². The van der Waals surface area contributed by atoms with Crippen LogP contribution >= 0.6 is 0 Å². The molecule has 2 heterocycles. The molecule has 0 unspecified atom stereocenters. The van der Waals surface area contributed by atoms with Crippen LogP contribution in [0.25, 0.3) is 16.4 Å². The Balaban J connectivity index is 2.23. The first-order chi connectivity index (χ1) is 11.4. The van der Waals surface area contributed by atoms with Gasteiger partial charge in [0, 0.05) is 30.2 Å². The van der Waals surface area contributed by atoms with E-state index >= 15 is 0 Å². The fraction of sp³-hybridized carbons (Fsp3) is 0.450. The first-order valence-electron chi connectivity index (χ1n) is 8.57. The van der Waals surface area contributed by atoms with Gasteiger partial charge in [0.25, 0.3) is 0 Å². The maximum Gasteiger partial charge on any atom is 0.120 e. The van der Waals surface area contributed by atoms with Crippen LogP contribution in [0.2, 0.25) is 0 Å². The topological polar surface area (TPSA) is 29.8 Å². The van der Waals surface area contributed by atoms with Gasteiger partial charge in [0.15, 0.2) is 0 Å². The Hall–Kier alpha value is -2.07. The van der Waals surface area contributed by atoms with Crippen LogP contribution in [-0.2, 0) is 6.42 Å². The van der Waals surface area contributed by atoms with Crippen molar-refractivity contribution >= 4 is 16.4 Å². The molecule has 4 heteroatoms. The first-order valence-corrected chi connectivity index (χ1v) is 8.57. The average molecular weight is 325 g/mol. The number of fused-ring (bicyclic) bond motifs is 3. The van der Waals surface area contributed by atoms with E-state index in [1.807, 2.05) is 6.20 Å². The second-order valence-corrected chi connectivity index (χ2v) is 6.86. The van der Waals surface area contributed by atoms with Gasteiger partial charge in [0.2, 0.25) is 0 Å². The molecule has 0 radical (unpaired) electrons. The second kappa shape index (κ2) is 6.44. The maximum absolute atomic E-state index is 5.44. The second-order valence-electron chi connectivity index (χ2n) is 6.86. The minimum atomic E-state index is 0.551. The van der Waals surface area contributed by atoms with E-state index in [0.29, 0.717) is 6.04 Å². The van der Waals surface area contributed by atoms with Crippen molar-refractivity contribution in [3.8, 4) is 5.75 Å². The van der Waals surface area contributed by atoms with E-state index in [-0.39, 0.29) is 0 Å². The standard InChI is InChI=1S/C20H27N3O/c1-13(2)22(5)10-9-18-17-8-7-16(24-6)11-19(17)23-15(4)21-12-14(3)20(18)23/h7-8,11-13H,9-10H2,1-6H3. The Morgan fingerprint density at radius 1 is 1.25 bits per heavy atom. The van der Waals surface area contributed by atoms with Gasteiger partial charge in [-0.25, -0.2) is 4.98 Å². The average Bonchev–Trinajstić information content (AvgIpc) is 2.90. The lowest BCUT2D eigenvalue weighted by Gasteiger charge is -2.20. The minimum Gasteiger partial charge on any atom is -0.497 e. The number of hydrogen-bond acceptors (Lipinski definition) is 3. The number of benzene rings is 1. The molecule has 0 saturated heterocycles. The molecular weight excluding hydrogens is 298 g/mol. The number of methoxy groups -OCH3 is 1. The highest BCUT2D eigenvalue weighted by atomic mass is 16.5. The van der Waals surface area contributed by atoms with E-state index in [1.165, 1.54) is 27.5 Å². The Morgan fingerprint density at radius 2 is 2.00 bits per heavy atom. The van der Waals surface area contributed by atoms with Gasteiger partial charge >= 0.3 is 0 Å². The number of rotatable bonds is 5. The molecule has 0 bridgehead atoms. The molecule has 0 atom stereocenters. The third-order valence-electron chi connectivity index (χ3n) is 5.02. The Labute approximate surface area is 144 Å². The number of nitrogens with zero attached hydrogens (tertiary/aromatic N) is 3. The zero-order valence-electron chi connectivity index (χ0n) is 15.6. The summed E-state index contributed by atoms with van der Waals surface area (Å²) in [6.45, 7) is 9.72. The third kappa shape index (κ3) is 2.75. The summed E-state index contributed by atoms with van der Waals surface area (Å²) in [6.07, 6.45) is 3.01. The number of hydrogen-bond donors (Lipinski definition) is 0. The molecule has 0 N–H and O–H groups in total. The van der Waals surface area contributed by atoms with E-state index in [1.54, 1.807) is 7.11 Å². The van der Waals surface area contributed by atoms with Gasteiger partial charge in [-0.2, -0.15) is 0 Å². The Bertz CT molecular complexity index is 880. The van der Waals surface area contributed by atoms with Crippen molar-refractivity contribution in [2.75, 3.05) is 20.7 Å². The number of ether oxygens (including phenoxy) is 1. The number of aromatic nitrogens is 2. The quantitative estimate of drug-likeness (QED) is 0.710. The Morgan fingerprint density at radius 3 is 2.67 bits per heavy atom. The number of likely N-dealkylation sites (N-methyl/N-ethyl adjacent to an activating group) is 1. The monoisotopic (exact) mass is 325 g/mol. The van der Waals surface area contributed by atoms with Gasteiger partial charge in [-0.05, 0) is 64.4 Å². The van der Waals surface area contributed by atoms with E-state index in [9.17, 15) is 0 Å². The molecule has 0 aliphatic heterocycles. The molecule has 0 amide bonds. The smallest absolute Gasteiger partial charge is 0.120 e. The van der Waals surface area contributed by atoms with Crippen LogP contribution in [0.15, 0.2) is 24.4 Å². The molecule has 4 nitrogen and oxygen atoms in total. The summed E-state index contributed by atoms with van der Waals surface area (Å²) in [5.74, 6) is 1.89. The summed E-state index contributed by atoms with van der Waals surface area (Å²) in [5.41, 5.74) is 5.10. The predicted molar refractivity (Wildman–Crippen MR) is 100 cm³/mol. The highest BCUT2D eigenvalue weighted by molar-refractivity contribution is 5.94. The van der Waals surface area contributed by atoms with Crippen LogP contribution in [0.1, 0.15) is 30.8 Å². The molecule has 0 spiro atoms. The zero-order valence-corrected chi connectivity index (χ0v) is 15.6. The van der Waals surface area contributed by atoms with Gasteiger partial charge in [-0.15, -0.1) is 0 Å². The van der Waals surface area contributed by atoms with E-state index < -0.39 is 0 Å². The molecule has 0 fully saturated rings. The molecule has 0 saturated carbocycles.